The summed E-state index contributed by atoms with van der Waals surface area (Å²) in [4.78, 5) is 5.06. The van der Waals surface area contributed by atoms with E-state index in [4.69, 9.17) is 4.74 Å². The Labute approximate surface area is 134 Å². The van der Waals surface area contributed by atoms with Crippen LogP contribution in [0.25, 0.3) is 0 Å². The van der Waals surface area contributed by atoms with Crippen molar-refractivity contribution in [2.45, 2.75) is 12.8 Å². The highest BCUT2D eigenvalue weighted by molar-refractivity contribution is 5.23. The van der Waals surface area contributed by atoms with Gasteiger partial charge in [-0.2, -0.15) is 0 Å². The molecule has 2 aliphatic rings. The highest BCUT2D eigenvalue weighted by atomic mass is 16.5. The Morgan fingerprint density at radius 1 is 0.773 bits per heavy atom. The van der Waals surface area contributed by atoms with E-state index in [0.29, 0.717) is 0 Å². The predicted molar refractivity (Wildman–Crippen MR) is 90.4 cm³/mol. The monoisotopic (exact) mass is 303 g/mol. The molecule has 4 nitrogen and oxygen atoms in total. The number of ether oxygens (including phenoxy) is 1. The Balaban J connectivity index is 1.39. The fourth-order valence-electron chi connectivity index (χ4n) is 3.21. The van der Waals surface area contributed by atoms with Crippen LogP contribution < -0.4 is 5.32 Å². The molecule has 0 atom stereocenters. The van der Waals surface area contributed by atoms with Crippen LogP contribution in [-0.2, 0) is 17.6 Å². The highest BCUT2D eigenvalue weighted by Crippen LogP contribution is 2.08. The van der Waals surface area contributed by atoms with Gasteiger partial charge < -0.3 is 15.0 Å². The van der Waals surface area contributed by atoms with Gasteiger partial charge in [0.2, 0.25) is 0 Å². The summed E-state index contributed by atoms with van der Waals surface area (Å²) in [7, 11) is 0. The smallest absolute Gasteiger partial charge is 0.0594 e. The van der Waals surface area contributed by atoms with E-state index in [2.05, 4.69) is 39.4 Å². The summed E-state index contributed by atoms with van der Waals surface area (Å²) in [6.45, 7) is 11.0. The molecule has 122 valence electrons. The number of hydrogen-bond acceptors (Lipinski definition) is 4. The minimum Gasteiger partial charge on any atom is -0.379 e. The van der Waals surface area contributed by atoms with Gasteiger partial charge in [0, 0.05) is 52.4 Å². The van der Waals surface area contributed by atoms with Crippen LogP contribution in [0.1, 0.15) is 11.1 Å². The van der Waals surface area contributed by atoms with Gasteiger partial charge >= 0.3 is 0 Å². The second kappa shape index (κ2) is 8.63. The molecule has 2 fully saturated rings. The summed E-state index contributed by atoms with van der Waals surface area (Å²) >= 11 is 0. The van der Waals surface area contributed by atoms with E-state index in [9.17, 15) is 0 Å². The van der Waals surface area contributed by atoms with E-state index >= 15 is 0 Å². The van der Waals surface area contributed by atoms with Crippen molar-refractivity contribution in [2.75, 3.05) is 65.6 Å². The third-order valence-corrected chi connectivity index (χ3v) is 4.77. The third-order valence-electron chi connectivity index (χ3n) is 4.77. The molecule has 0 spiro atoms. The molecule has 2 aliphatic heterocycles. The average molecular weight is 303 g/mol. The van der Waals surface area contributed by atoms with Crippen molar-refractivity contribution in [2.24, 2.45) is 0 Å². The molecule has 0 bridgehead atoms. The first-order chi connectivity index (χ1) is 10.9. The van der Waals surface area contributed by atoms with Crippen molar-refractivity contribution in [3.8, 4) is 0 Å². The molecule has 1 aromatic carbocycles. The van der Waals surface area contributed by atoms with Crippen molar-refractivity contribution in [1.29, 1.82) is 0 Å². The molecule has 1 N–H and O–H groups in total. The van der Waals surface area contributed by atoms with Crippen LogP contribution in [0.15, 0.2) is 24.3 Å². The lowest BCUT2D eigenvalue weighted by atomic mass is 10.1. The molecule has 0 aliphatic carbocycles. The molecule has 0 amide bonds. The minimum absolute atomic E-state index is 0.894. The first-order valence-corrected chi connectivity index (χ1v) is 8.71. The van der Waals surface area contributed by atoms with E-state index in [1.165, 1.54) is 37.2 Å². The summed E-state index contributed by atoms with van der Waals surface area (Å²) < 4.78 is 5.39. The maximum absolute atomic E-state index is 5.39. The maximum atomic E-state index is 5.39. The second-order valence-electron chi connectivity index (χ2n) is 6.36. The van der Waals surface area contributed by atoms with Gasteiger partial charge in [0.15, 0.2) is 0 Å². The number of piperazine rings is 1. The van der Waals surface area contributed by atoms with Crippen LogP contribution >= 0.6 is 0 Å². The lowest BCUT2D eigenvalue weighted by molar-refractivity contribution is 0.0384. The lowest BCUT2D eigenvalue weighted by Crippen LogP contribution is -2.44. The molecule has 0 unspecified atom stereocenters. The van der Waals surface area contributed by atoms with Gasteiger partial charge in [-0.3, -0.25) is 4.90 Å². The Kier molecular flexibility index (Phi) is 6.25. The number of hydrogen-bond donors (Lipinski definition) is 1. The Bertz CT molecular complexity index is 381. The number of nitrogens with zero attached hydrogens (tertiary/aromatic N) is 2. The molecule has 22 heavy (non-hydrogen) atoms. The van der Waals surface area contributed by atoms with Gasteiger partial charge in [-0.25, -0.2) is 0 Å². The number of morpholine rings is 1. The summed E-state index contributed by atoms with van der Waals surface area (Å²) in [6.07, 6.45) is 2.32. The zero-order valence-electron chi connectivity index (χ0n) is 13.6. The van der Waals surface area contributed by atoms with E-state index in [1.807, 2.05) is 0 Å². The van der Waals surface area contributed by atoms with E-state index in [1.54, 1.807) is 0 Å². The van der Waals surface area contributed by atoms with E-state index in [-0.39, 0.29) is 0 Å². The van der Waals surface area contributed by atoms with E-state index < -0.39 is 0 Å². The molecule has 0 aromatic heterocycles. The van der Waals surface area contributed by atoms with Crippen LogP contribution in [-0.4, -0.2) is 75.4 Å². The van der Waals surface area contributed by atoms with Crippen LogP contribution in [0.5, 0.6) is 0 Å². The molecular formula is C18H29N3O. The highest BCUT2D eigenvalue weighted by Gasteiger charge is 2.10. The normalized spacial score (nSPS) is 21.1. The topological polar surface area (TPSA) is 27.7 Å². The summed E-state index contributed by atoms with van der Waals surface area (Å²) in [6, 6.07) is 9.26. The van der Waals surface area contributed by atoms with Crippen LogP contribution in [0.4, 0.5) is 0 Å². The Hall–Kier alpha value is -0.940. The number of rotatable bonds is 6. The average Bonchev–Trinajstić information content (AvgIpc) is 2.61. The summed E-state index contributed by atoms with van der Waals surface area (Å²) in [5.41, 5.74) is 2.92. The zero-order chi connectivity index (χ0) is 15.0. The van der Waals surface area contributed by atoms with E-state index in [0.717, 1.165) is 52.4 Å². The summed E-state index contributed by atoms with van der Waals surface area (Å²) in [5, 5.41) is 3.41. The molecule has 2 saturated heterocycles. The third kappa shape index (κ3) is 5.06. The molecular weight excluding hydrogens is 274 g/mol. The standard InChI is InChI=1S/C18H29N3O/c1-3-18(6-10-21-13-15-22-16-14-21)4-2-17(1)5-9-20-11-7-19-8-12-20/h1-4,19H,5-16H2. The predicted octanol–water partition coefficient (Wildman–Crippen LogP) is 1.01. The largest absolute Gasteiger partial charge is 0.379 e. The molecule has 2 heterocycles. The maximum Gasteiger partial charge on any atom is 0.0594 e. The Morgan fingerprint density at radius 2 is 1.27 bits per heavy atom. The van der Waals surface area contributed by atoms with Gasteiger partial charge in [0.1, 0.15) is 0 Å². The van der Waals surface area contributed by atoms with Crippen LogP contribution in [0.2, 0.25) is 0 Å². The molecule has 3 rings (SSSR count). The number of benzene rings is 1. The fraction of sp³-hybridized carbons (Fsp3) is 0.667. The van der Waals surface area contributed by atoms with Gasteiger partial charge in [-0.05, 0) is 24.0 Å². The van der Waals surface area contributed by atoms with Crippen molar-refractivity contribution in [3.63, 3.8) is 0 Å². The number of nitrogens with one attached hydrogen (secondary N) is 1. The van der Waals surface area contributed by atoms with Gasteiger partial charge in [0.25, 0.3) is 0 Å². The van der Waals surface area contributed by atoms with Crippen LogP contribution in [0, 0.1) is 0 Å². The molecule has 0 radical (unpaired) electrons. The van der Waals surface area contributed by atoms with Crippen molar-refractivity contribution in [1.82, 2.24) is 15.1 Å². The van der Waals surface area contributed by atoms with Crippen molar-refractivity contribution >= 4 is 0 Å². The van der Waals surface area contributed by atoms with Crippen molar-refractivity contribution < 1.29 is 4.74 Å². The second-order valence-corrected chi connectivity index (χ2v) is 6.36. The molecule has 0 saturated carbocycles. The Morgan fingerprint density at radius 3 is 1.82 bits per heavy atom. The quantitative estimate of drug-likeness (QED) is 0.849. The zero-order valence-corrected chi connectivity index (χ0v) is 13.6. The van der Waals surface area contributed by atoms with Gasteiger partial charge in [-0.15, -0.1) is 0 Å². The van der Waals surface area contributed by atoms with Gasteiger partial charge in [0.05, 0.1) is 13.2 Å². The lowest BCUT2D eigenvalue weighted by Gasteiger charge is -2.27. The minimum atomic E-state index is 0.894. The van der Waals surface area contributed by atoms with Gasteiger partial charge in [-0.1, -0.05) is 24.3 Å². The molecule has 1 aromatic rings. The molecule has 4 heteroatoms. The van der Waals surface area contributed by atoms with Crippen molar-refractivity contribution in [3.05, 3.63) is 35.4 Å². The first kappa shape index (κ1) is 15.9. The summed E-state index contributed by atoms with van der Waals surface area (Å²) in [5.74, 6) is 0. The SMILES string of the molecule is c1cc(CCN2CCOCC2)ccc1CCN1CCNCC1. The van der Waals surface area contributed by atoms with Crippen LogP contribution in [0.3, 0.4) is 0 Å². The fourth-order valence-corrected chi connectivity index (χ4v) is 3.21. The first-order valence-electron chi connectivity index (χ1n) is 8.71.